The van der Waals surface area contributed by atoms with E-state index >= 15 is 0 Å². The number of hydrogen-bond donors (Lipinski definition) is 0. The third kappa shape index (κ3) is 2.54. The van der Waals surface area contributed by atoms with Gasteiger partial charge in [-0.2, -0.15) is 0 Å². The summed E-state index contributed by atoms with van der Waals surface area (Å²) in [5, 5.41) is 8.39. The Morgan fingerprint density at radius 2 is 2.17 bits per heavy atom. The lowest BCUT2D eigenvalue weighted by atomic mass is 10.1. The Kier molecular flexibility index (Phi) is 4.30. The zero-order chi connectivity index (χ0) is 13.1. The van der Waals surface area contributed by atoms with Crippen molar-refractivity contribution in [1.82, 2.24) is 15.0 Å². The molecule has 5 heteroatoms. The van der Waals surface area contributed by atoms with Gasteiger partial charge in [0.05, 0.1) is 17.3 Å². The first-order valence-corrected chi connectivity index (χ1v) is 7.58. The molecule has 0 fully saturated rings. The summed E-state index contributed by atoms with van der Waals surface area (Å²) in [7, 11) is 0. The largest absolute Gasteiger partial charge is 0.217 e. The van der Waals surface area contributed by atoms with Gasteiger partial charge in [-0.15, -0.1) is 28.5 Å². The molecule has 18 heavy (non-hydrogen) atoms. The van der Waals surface area contributed by atoms with Gasteiger partial charge >= 0.3 is 0 Å². The van der Waals surface area contributed by atoms with Crippen molar-refractivity contribution in [2.75, 3.05) is 6.26 Å². The molecule has 2 rings (SSSR count). The van der Waals surface area contributed by atoms with E-state index in [1.54, 1.807) is 11.8 Å². The summed E-state index contributed by atoms with van der Waals surface area (Å²) >= 11 is 7.63. The molecule has 0 saturated carbocycles. The summed E-state index contributed by atoms with van der Waals surface area (Å²) in [4.78, 5) is 1.21. The van der Waals surface area contributed by atoms with Gasteiger partial charge in [0, 0.05) is 4.90 Å². The number of nitrogens with zero attached hydrogens (tertiary/aromatic N) is 3. The number of benzene rings is 1. The lowest BCUT2D eigenvalue weighted by Gasteiger charge is -2.11. The number of halogens is 1. The minimum atomic E-state index is 0.340. The number of rotatable bonds is 4. The van der Waals surface area contributed by atoms with Crippen molar-refractivity contribution in [1.29, 1.82) is 0 Å². The molecular formula is C13H16ClN3S. The van der Waals surface area contributed by atoms with Crippen molar-refractivity contribution in [2.45, 2.75) is 30.5 Å². The summed E-state index contributed by atoms with van der Waals surface area (Å²) in [5.74, 6) is 0.738. The molecule has 2 aromatic rings. The predicted molar refractivity (Wildman–Crippen MR) is 76.8 cm³/mol. The Bertz CT molecular complexity index is 537. The summed E-state index contributed by atoms with van der Waals surface area (Å²) in [6.07, 6.45) is 2.06. The maximum atomic E-state index is 5.92. The average Bonchev–Trinajstić information content (AvgIpc) is 2.82. The molecule has 0 unspecified atom stereocenters. The van der Waals surface area contributed by atoms with Crippen molar-refractivity contribution in [3.63, 3.8) is 0 Å². The molecule has 1 heterocycles. The summed E-state index contributed by atoms with van der Waals surface area (Å²) in [5.41, 5.74) is 2.99. The third-order valence-corrected chi connectivity index (χ3v) is 3.73. The van der Waals surface area contributed by atoms with Crippen molar-refractivity contribution in [2.24, 2.45) is 0 Å². The van der Waals surface area contributed by atoms with Crippen LogP contribution < -0.4 is 0 Å². The van der Waals surface area contributed by atoms with Crippen molar-refractivity contribution >= 4 is 23.4 Å². The standard InChI is InChI=1S/C13H16ClN3S/c1-9(2)13-12(8-14)15-16-17(13)10-5-4-6-11(7-10)18-3/h4-7,9H,8H2,1-3H3. The quantitative estimate of drug-likeness (QED) is 0.630. The molecule has 0 radical (unpaired) electrons. The zero-order valence-corrected chi connectivity index (χ0v) is 12.3. The first kappa shape index (κ1) is 13.4. The van der Waals surface area contributed by atoms with Gasteiger partial charge in [-0.3, -0.25) is 0 Å². The van der Waals surface area contributed by atoms with Crippen LogP contribution >= 0.6 is 23.4 Å². The van der Waals surface area contributed by atoms with Crippen LogP contribution in [0.15, 0.2) is 29.2 Å². The summed E-state index contributed by atoms with van der Waals surface area (Å²) in [6.45, 7) is 4.26. The van der Waals surface area contributed by atoms with Crippen LogP contribution in [0.25, 0.3) is 5.69 Å². The van der Waals surface area contributed by atoms with Gasteiger partial charge in [0.25, 0.3) is 0 Å². The van der Waals surface area contributed by atoms with Crippen molar-refractivity contribution < 1.29 is 0 Å². The molecule has 0 aliphatic rings. The van der Waals surface area contributed by atoms with Crippen LogP contribution in [-0.2, 0) is 5.88 Å². The summed E-state index contributed by atoms with van der Waals surface area (Å²) < 4.78 is 1.89. The second-order valence-corrected chi connectivity index (χ2v) is 5.47. The van der Waals surface area contributed by atoms with Gasteiger partial charge < -0.3 is 0 Å². The lowest BCUT2D eigenvalue weighted by molar-refractivity contribution is 0.713. The molecule has 0 bridgehead atoms. The molecule has 0 amide bonds. The molecule has 3 nitrogen and oxygen atoms in total. The Morgan fingerprint density at radius 1 is 1.39 bits per heavy atom. The number of aromatic nitrogens is 3. The van der Waals surface area contributed by atoms with Crippen LogP contribution in [0.5, 0.6) is 0 Å². The Labute approximate surface area is 117 Å². The maximum Gasteiger partial charge on any atom is 0.101 e. The third-order valence-electron chi connectivity index (χ3n) is 2.75. The molecule has 0 N–H and O–H groups in total. The van der Waals surface area contributed by atoms with E-state index in [9.17, 15) is 0 Å². The molecule has 1 aromatic carbocycles. The Balaban J connectivity index is 2.52. The van der Waals surface area contributed by atoms with Crippen LogP contribution in [0.1, 0.15) is 31.2 Å². The number of thioether (sulfide) groups is 1. The Hall–Kier alpha value is -1.000. The van der Waals surface area contributed by atoms with Gasteiger partial charge in [0.15, 0.2) is 0 Å². The van der Waals surface area contributed by atoms with Gasteiger partial charge in [0.2, 0.25) is 0 Å². The second-order valence-electron chi connectivity index (χ2n) is 4.32. The van der Waals surface area contributed by atoms with Crippen molar-refractivity contribution in [3.05, 3.63) is 35.7 Å². The highest BCUT2D eigenvalue weighted by Crippen LogP contribution is 2.24. The number of hydrogen-bond acceptors (Lipinski definition) is 3. The summed E-state index contributed by atoms with van der Waals surface area (Å²) in [6, 6.07) is 8.28. The fourth-order valence-electron chi connectivity index (χ4n) is 1.93. The normalized spacial score (nSPS) is 11.2. The lowest BCUT2D eigenvalue weighted by Crippen LogP contribution is -2.05. The zero-order valence-electron chi connectivity index (χ0n) is 10.7. The average molecular weight is 282 g/mol. The monoisotopic (exact) mass is 281 g/mol. The van der Waals surface area contributed by atoms with E-state index in [4.69, 9.17) is 11.6 Å². The molecule has 0 spiro atoms. The smallest absolute Gasteiger partial charge is 0.101 e. The number of alkyl halides is 1. The second kappa shape index (κ2) is 5.76. The van der Waals surface area contributed by atoms with Gasteiger partial charge in [-0.25, -0.2) is 4.68 Å². The maximum absolute atomic E-state index is 5.92. The van der Waals surface area contributed by atoms with E-state index in [1.165, 1.54) is 4.90 Å². The van der Waals surface area contributed by atoms with E-state index in [-0.39, 0.29) is 0 Å². The minimum absolute atomic E-state index is 0.340. The first-order valence-electron chi connectivity index (χ1n) is 5.82. The van der Waals surface area contributed by atoms with Crippen LogP contribution in [0.2, 0.25) is 0 Å². The van der Waals surface area contributed by atoms with Crippen molar-refractivity contribution in [3.8, 4) is 5.69 Å². The molecule has 1 aromatic heterocycles. The van der Waals surface area contributed by atoms with Gasteiger partial charge in [-0.05, 0) is 30.4 Å². The molecular weight excluding hydrogens is 266 g/mol. The van der Waals surface area contributed by atoms with Crippen LogP contribution in [0, 0.1) is 0 Å². The molecule has 0 saturated heterocycles. The molecule has 0 aliphatic carbocycles. The van der Waals surface area contributed by atoms with E-state index in [0.29, 0.717) is 11.8 Å². The topological polar surface area (TPSA) is 30.7 Å². The Morgan fingerprint density at radius 3 is 2.78 bits per heavy atom. The van der Waals surface area contributed by atoms with E-state index in [2.05, 4.69) is 42.5 Å². The molecule has 0 aliphatic heterocycles. The fraction of sp³-hybridized carbons (Fsp3) is 0.385. The van der Waals surface area contributed by atoms with E-state index < -0.39 is 0 Å². The van der Waals surface area contributed by atoms with E-state index in [0.717, 1.165) is 17.1 Å². The highest BCUT2D eigenvalue weighted by atomic mass is 35.5. The predicted octanol–water partition coefficient (Wildman–Crippen LogP) is 3.85. The molecule has 96 valence electrons. The van der Waals surface area contributed by atoms with Crippen LogP contribution in [0.3, 0.4) is 0 Å². The van der Waals surface area contributed by atoms with E-state index in [1.807, 2.05) is 16.8 Å². The fourth-order valence-corrected chi connectivity index (χ4v) is 2.57. The first-order chi connectivity index (χ1) is 8.67. The highest BCUT2D eigenvalue weighted by molar-refractivity contribution is 7.98. The van der Waals surface area contributed by atoms with Crippen LogP contribution in [0.4, 0.5) is 0 Å². The van der Waals surface area contributed by atoms with Crippen LogP contribution in [-0.4, -0.2) is 21.2 Å². The van der Waals surface area contributed by atoms with Gasteiger partial charge in [-0.1, -0.05) is 25.1 Å². The highest BCUT2D eigenvalue weighted by Gasteiger charge is 2.16. The van der Waals surface area contributed by atoms with Gasteiger partial charge in [0.1, 0.15) is 5.69 Å². The molecule has 0 atom stereocenters. The minimum Gasteiger partial charge on any atom is -0.217 e. The SMILES string of the molecule is CSc1cccc(-n2nnc(CCl)c2C(C)C)c1.